The third kappa shape index (κ3) is 2.86. The van der Waals surface area contributed by atoms with Gasteiger partial charge in [-0.15, -0.1) is 0 Å². The molecule has 0 unspecified atom stereocenters. The van der Waals surface area contributed by atoms with Crippen LogP contribution in [-0.2, 0) is 9.59 Å². The lowest BCUT2D eigenvalue weighted by atomic mass is 10.1. The average Bonchev–Trinajstić information content (AvgIpc) is 2.83. The van der Waals surface area contributed by atoms with Crippen LogP contribution in [0.5, 0.6) is 0 Å². The number of benzene rings is 2. The van der Waals surface area contributed by atoms with Crippen molar-refractivity contribution in [3.63, 3.8) is 0 Å². The number of hydrogen-bond acceptors (Lipinski definition) is 4. The van der Waals surface area contributed by atoms with Crippen molar-refractivity contribution in [3.05, 3.63) is 59.7 Å². The van der Waals surface area contributed by atoms with Crippen LogP contribution >= 0.6 is 0 Å². The highest BCUT2D eigenvalue weighted by Crippen LogP contribution is 2.27. The first-order valence-electron chi connectivity index (χ1n) is 7.49. The fraction of sp³-hybridized carbons (Fsp3) is 0.167. The van der Waals surface area contributed by atoms with E-state index in [1.165, 1.54) is 17.0 Å². The van der Waals surface area contributed by atoms with E-state index in [9.17, 15) is 14.4 Å². The Kier molecular flexibility index (Phi) is 4.04. The van der Waals surface area contributed by atoms with Crippen molar-refractivity contribution in [1.82, 2.24) is 0 Å². The molecule has 0 aliphatic carbocycles. The molecule has 3 rings (SSSR count). The third-order valence-electron chi connectivity index (χ3n) is 3.98. The van der Waals surface area contributed by atoms with Crippen molar-refractivity contribution < 1.29 is 19.5 Å². The van der Waals surface area contributed by atoms with Gasteiger partial charge >= 0.3 is 5.97 Å². The van der Waals surface area contributed by atoms with E-state index in [2.05, 4.69) is 5.32 Å². The fourth-order valence-corrected chi connectivity index (χ4v) is 2.72. The molecule has 6 heteroatoms. The summed E-state index contributed by atoms with van der Waals surface area (Å²) >= 11 is 0. The summed E-state index contributed by atoms with van der Waals surface area (Å²) < 4.78 is 0. The van der Waals surface area contributed by atoms with Gasteiger partial charge in [0.15, 0.2) is 0 Å². The number of aryl methyl sites for hydroxylation is 1. The summed E-state index contributed by atoms with van der Waals surface area (Å²) in [4.78, 5) is 36.9. The van der Waals surface area contributed by atoms with E-state index < -0.39 is 12.0 Å². The summed E-state index contributed by atoms with van der Waals surface area (Å²) in [6.45, 7) is 1.85. The van der Waals surface area contributed by atoms with E-state index in [-0.39, 0.29) is 23.8 Å². The van der Waals surface area contributed by atoms with Crippen LogP contribution in [0.25, 0.3) is 0 Å². The zero-order valence-corrected chi connectivity index (χ0v) is 13.0. The number of carbonyl (C=O) groups excluding carboxylic acids is 2. The number of aromatic carboxylic acids is 1. The highest BCUT2D eigenvalue weighted by Gasteiger charge is 2.40. The van der Waals surface area contributed by atoms with Crippen LogP contribution in [0.1, 0.15) is 22.3 Å². The van der Waals surface area contributed by atoms with E-state index in [0.717, 1.165) is 5.56 Å². The highest BCUT2D eigenvalue weighted by molar-refractivity contribution is 6.23. The Balaban J connectivity index is 1.79. The lowest BCUT2D eigenvalue weighted by Crippen LogP contribution is -2.35. The van der Waals surface area contributed by atoms with Crippen LogP contribution < -0.4 is 10.2 Å². The van der Waals surface area contributed by atoms with Gasteiger partial charge in [0.25, 0.3) is 5.91 Å². The van der Waals surface area contributed by atoms with Gasteiger partial charge in [0.1, 0.15) is 6.04 Å². The molecule has 6 nitrogen and oxygen atoms in total. The second-order valence-electron chi connectivity index (χ2n) is 5.64. The largest absolute Gasteiger partial charge is 0.478 e. The molecule has 2 amide bonds. The lowest BCUT2D eigenvalue weighted by Gasteiger charge is -2.18. The predicted octanol–water partition coefficient (Wildman–Crippen LogP) is 2.44. The van der Waals surface area contributed by atoms with Crippen LogP contribution in [0.3, 0.4) is 0 Å². The second kappa shape index (κ2) is 6.16. The highest BCUT2D eigenvalue weighted by atomic mass is 16.4. The molecule has 0 saturated carbocycles. The van der Waals surface area contributed by atoms with Gasteiger partial charge in [0, 0.05) is 5.69 Å². The lowest BCUT2D eigenvalue weighted by molar-refractivity contribution is -0.121. The maximum atomic E-state index is 12.6. The zero-order valence-electron chi connectivity index (χ0n) is 13.0. The molecule has 1 aliphatic rings. The molecular weight excluding hydrogens is 308 g/mol. The van der Waals surface area contributed by atoms with Gasteiger partial charge in [0.2, 0.25) is 5.91 Å². The van der Waals surface area contributed by atoms with Crippen molar-refractivity contribution in [3.8, 4) is 0 Å². The molecule has 1 aliphatic heterocycles. The molecule has 0 aromatic heterocycles. The van der Waals surface area contributed by atoms with Gasteiger partial charge < -0.3 is 10.4 Å². The Labute approximate surface area is 138 Å². The molecule has 0 bridgehead atoms. The Hall–Kier alpha value is -3.15. The van der Waals surface area contributed by atoms with Crippen LogP contribution in [0.4, 0.5) is 11.4 Å². The summed E-state index contributed by atoms with van der Waals surface area (Å²) in [5.74, 6) is -1.58. The third-order valence-corrected chi connectivity index (χ3v) is 3.98. The minimum atomic E-state index is -1.01. The number of amides is 2. The first-order chi connectivity index (χ1) is 11.5. The molecule has 1 fully saturated rings. The quantitative estimate of drug-likeness (QED) is 0.844. The maximum absolute atomic E-state index is 12.6. The van der Waals surface area contributed by atoms with Crippen LogP contribution in [0.2, 0.25) is 0 Å². The maximum Gasteiger partial charge on any atom is 0.335 e. The van der Waals surface area contributed by atoms with Crippen LogP contribution in [-0.4, -0.2) is 28.9 Å². The van der Waals surface area contributed by atoms with Gasteiger partial charge in [0.05, 0.1) is 17.7 Å². The number of carbonyl (C=O) groups is 3. The number of nitrogens with one attached hydrogen (secondary N) is 1. The number of carboxylic acid groups (broad SMARTS) is 1. The number of rotatable bonds is 4. The summed E-state index contributed by atoms with van der Waals surface area (Å²) in [5.41, 5.74) is 2.21. The summed E-state index contributed by atoms with van der Waals surface area (Å²) in [7, 11) is 0. The van der Waals surface area contributed by atoms with Gasteiger partial charge in [-0.05, 0) is 42.8 Å². The SMILES string of the molecule is Cc1ccccc1N1C(=O)C[C@H](Nc2ccc(C(=O)O)cc2)C1=O. The topological polar surface area (TPSA) is 86.7 Å². The summed E-state index contributed by atoms with van der Waals surface area (Å²) in [5, 5.41) is 11.9. The van der Waals surface area contributed by atoms with Crippen molar-refractivity contribution >= 4 is 29.2 Å². The normalized spacial score (nSPS) is 17.2. The number of anilines is 2. The zero-order chi connectivity index (χ0) is 17.3. The summed E-state index contributed by atoms with van der Waals surface area (Å²) in [6.07, 6.45) is 0.0633. The van der Waals surface area contributed by atoms with Crippen molar-refractivity contribution in [2.75, 3.05) is 10.2 Å². The molecule has 1 saturated heterocycles. The standard InChI is InChI=1S/C18H16N2O4/c1-11-4-2-3-5-15(11)20-16(21)10-14(17(20)22)19-13-8-6-12(7-9-13)18(23)24/h2-9,14,19H,10H2,1H3,(H,23,24)/t14-/m0/s1. The van der Waals surface area contributed by atoms with E-state index in [4.69, 9.17) is 5.11 Å². The minimum Gasteiger partial charge on any atom is -0.478 e. The fourth-order valence-electron chi connectivity index (χ4n) is 2.72. The van der Waals surface area contributed by atoms with E-state index in [0.29, 0.717) is 11.4 Å². The molecule has 122 valence electrons. The number of carboxylic acids is 1. The van der Waals surface area contributed by atoms with Gasteiger partial charge in [-0.1, -0.05) is 18.2 Å². The van der Waals surface area contributed by atoms with Crippen LogP contribution in [0, 0.1) is 6.92 Å². The Morgan fingerprint density at radius 1 is 1.12 bits per heavy atom. The number of hydrogen-bond donors (Lipinski definition) is 2. The number of para-hydroxylation sites is 1. The summed E-state index contributed by atoms with van der Waals surface area (Å²) in [6, 6.07) is 12.6. The molecule has 0 spiro atoms. The van der Waals surface area contributed by atoms with Crippen molar-refractivity contribution in [1.29, 1.82) is 0 Å². The van der Waals surface area contributed by atoms with Gasteiger partial charge in [-0.2, -0.15) is 0 Å². The molecule has 0 radical (unpaired) electrons. The first kappa shape index (κ1) is 15.7. The number of imide groups is 1. The second-order valence-corrected chi connectivity index (χ2v) is 5.64. The van der Waals surface area contributed by atoms with E-state index in [1.54, 1.807) is 24.3 Å². The van der Waals surface area contributed by atoms with Crippen LogP contribution in [0.15, 0.2) is 48.5 Å². The van der Waals surface area contributed by atoms with Gasteiger partial charge in [-0.3, -0.25) is 9.59 Å². The van der Waals surface area contributed by atoms with Gasteiger partial charge in [-0.25, -0.2) is 9.69 Å². The van der Waals surface area contributed by atoms with E-state index in [1.807, 2.05) is 19.1 Å². The Morgan fingerprint density at radius 3 is 2.42 bits per heavy atom. The Bertz CT molecular complexity index is 814. The van der Waals surface area contributed by atoms with Crippen molar-refractivity contribution in [2.24, 2.45) is 0 Å². The predicted molar refractivity (Wildman–Crippen MR) is 89.1 cm³/mol. The molecule has 2 N–H and O–H groups in total. The molecule has 1 heterocycles. The minimum absolute atomic E-state index is 0.0633. The molecule has 2 aromatic rings. The monoisotopic (exact) mass is 324 g/mol. The molecule has 2 aromatic carbocycles. The van der Waals surface area contributed by atoms with Crippen molar-refractivity contribution in [2.45, 2.75) is 19.4 Å². The molecular formula is C18H16N2O4. The average molecular weight is 324 g/mol. The number of nitrogens with zero attached hydrogens (tertiary/aromatic N) is 1. The Morgan fingerprint density at radius 2 is 1.79 bits per heavy atom. The first-order valence-corrected chi connectivity index (χ1v) is 7.49. The molecule has 24 heavy (non-hydrogen) atoms. The smallest absolute Gasteiger partial charge is 0.335 e. The van der Waals surface area contributed by atoms with E-state index >= 15 is 0 Å². The molecule has 1 atom stereocenters.